The molecule has 3 N–H and O–H groups in total. The lowest BCUT2D eigenvalue weighted by Crippen LogP contribution is -2.26. The van der Waals surface area contributed by atoms with Gasteiger partial charge in [0.2, 0.25) is 0 Å². The molecule has 0 saturated carbocycles. The molecule has 1 aliphatic heterocycles. The lowest BCUT2D eigenvalue weighted by Gasteiger charge is -2.20. The highest BCUT2D eigenvalue weighted by Gasteiger charge is 2.27. The van der Waals surface area contributed by atoms with Gasteiger partial charge < -0.3 is 5.32 Å². The second-order valence-electron chi connectivity index (χ2n) is 5.97. The monoisotopic (exact) mass is 329 g/mol. The molecular formula is C18H23N3OS. The first-order valence-corrected chi connectivity index (χ1v) is 9.61. The Hall–Kier alpha value is -1.69. The summed E-state index contributed by atoms with van der Waals surface area (Å²) >= 11 is 0. The largest absolute Gasteiger partial charge is 0.385 e. The fraction of sp³-hybridized carbons (Fsp3) is 0.333. The summed E-state index contributed by atoms with van der Waals surface area (Å²) in [6.45, 7) is 1.82. The minimum absolute atomic E-state index is 0.315. The summed E-state index contributed by atoms with van der Waals surface area (Å²) in [5.74, 6) is 1.08. The number of benzene rings is 2. The van der Waals surface area contributed by atoms with E-state index in [4.69, 9.17) is 0 Å². The van der Waals surface area contributed by atoms with Gasteiger partial charge >= 0.3 is 0 Å². The van der Waals surface area contributed by atoms with Crippen molar-refractivity contribution in [2.24, 2.45) is 5.92 Å². The molecule has 0 aromatic heterocycles. The molecule has 1 fully saturated rings. The van der Waals surface area contributed by atoms with Crippen LogP contribution in [0.15, 0.2) is 54.6 Å². The third-order valence-corrected chi connectivity index (χ3v) is 4.86. The summed E-state index contributed by atoms with van der Waals surface area (Å²) in [7, 11) is -0.809. The Labute approximate surface area is 140 Å². The number of hydrogen-bond acceptors (Lipinski definition) is 4. The van der Waals surface area contributed by atoms with Crippen LogP contribution in [0.4, 0.5) is 5.69 Å². The zero-order chi connectivity index (χ0) is 16.1. The molecule has 5 heteroatoms. The number of anilines is 1. The van der Waals surface area contributed by atoms with E-state index in [-0.39, 0.29) is 0 Å². The molecule has 0 bridgehead atoms. The normalized spacial score (nSPS) is 22.0. The van der Waals surface area contributed by atoms with Crippen LogP contribution in [0.2, 0.25) is 0 Å². The minimum Gasteiger partial charge on any atom is -0.385 e. The molecule has 1 heterocycles. The Morgan fingerprint density at radius 1 is 1.17 bits per heavy atom. The molecule has 2 aromatic rings. The summed E-state index contributed by atoms with van der Waals surface area (Å²) in [5.41, 5.74) is 10.1. The number of nitrogens with one attached hydrogen (secondary N) is 3. The lowest BCUT2D eigenvalue weighted by molar-refractivity contribution is 0.493. The van der Waals surface area contributed by atoms with Crippen molar-refractivity contribution < 1.29 is 4.21 Å². The molecule has 3 rings (SSSR count). The van der Waals surface area contributed by atoms with Crippen molar-refractivity contribution in [3.05, 3.63) is 65.7 Å². The Morgan fingerprint density at radius 3 is 2.78 bits per heavy atom. The lowest BCUT2D eigenvalue weighted by atomic mass is 9.95. The number of rotatable bonds is 6. The van der Waals surface area contributed by atoms with Crippen molar-refractivity contribution in [2.75, 3.05) is 24.7 Å². The maximum Gasteiger partial charge on any atom is 0.0520 e. The Balaban J connectivity index is 1.62. The van der Waals surface area contributed by atoms with E-state index >= 15 is 0 Å². The van der Waals surface area contributed by atoms with Gasteiger partial charge in [0.15, 0.2) is 0 Å². The summed E-state index contributed by atoms with van der Waals surface area (Å²) < 4.78 is 11.4. The summed E-state index contributed by atoms with van der Waals surface area (Å²) in [6.07, 6.45) is 1.74. The van der Waals surface area contributed by atoms with E-state index in [0.717, 1.165) is 24.3 Å². The van der Waals surface area contributed by atoms with Gasteiger partial charge in [0.05, 0.1) is 6.04 Å². The Kier molecular flexibility index (Phi) is 5.43. The molecule has 0 amide bonds. The summed E-state index contributed by atoms with van der Waals surface area (Å²) in [4.78, 5) is 0. The zero-order valence-electron chi connectivity index (χ0n) is 13.3. The maximum absolute atomic E-state index is 11.4. The van der Waals surface area contributed by atoms with Gasteiger partial charge in [-0.15, -0.1) is 0 Å². The molecule has 4 nitrogen and oxygen atoms in total. The minimum atomic E-state index is -0.809. The van der Waals surface area contributed by atoms with Crippen molar-refractivity contribution in [1.29, 1.82) is 0 Å². The first-order valence-electron chi connectivity index (χ1n) is 7.88. The molecule has 0 radical (unpaired) electrons. The third kappa shape index (κ3) is 4.41. The highest BCUT2D eigenvalue weighted by molar-refractivity contribution is 7.83. The summed E-state index contributed by atoms with van der Waals surface area (Å²) in [6, 6.07) is 19.0. The zero-order valence-corrected chi connectivity index (χ0v) is 14.1. The summed E-state index contributed by atoms with van der Waals surface area (Å²) in [5, 5.41) is 3.52. The van der Waals surface area contributed by atoms with Crippen molar-refractivity contribution in [3.63, 3.8) is 0 Å². The van der Waals surface area contributed by atoms with E-state index in [1.54, 1.807) is 6.26 Å². The van der Waals surface area contributed by atoms with E-state index in [1.807, 2.05) is 18.2 Å². The molecule has 1 saturated heterocycles. The first kappa shape index (κ1) is 16.2. The molecule has 0 aliphatic carbocycles. The highest BCUT2D eigenvalue weighted by Crippen LogP contribution is 2.25. The second-order valence-corrected chi connectivity index (χ2v) is 7.41. The maximum atomic E-state index is 11.4. The molecule has 3 unspecified atom stereocenters. The number of hydrazine groups is 1. The van der Waals surface area contributed by atoms with Crippen LogP contribution in [0.1, 0.15) is 17.2 Å². The van der Waals surface area contributed by atoms with Gasteiger partial charge in [-0.2, -0.15) is 0 Å². The van der Waals surface area contributed by atoms with E-state index in [0.29, 0.717) is 17.7 Å². The average Bonchev–Trinajstić information content (AvgIpc) is 3.02. The predicted octanol–water partition coefficient (Wildman–Crippen LogP) is 2.44. The molecule has 0 spiro atoms. The van der Waals surface area contributed by atoms with E-state index in [9.17, 15) is 4.21 Å². The predicted molar refractivity (Wildman–Crippen MR) is 96.5 cm³/mol. The SMILES string of the molecule is CS(=O)Cc1cccc(NCC2CNNC2c2ccccc2)c1. The van der Waals surface area contributed by atoms with Crippen LogP contribution in [-0.2, 0) is 16.6 Å². The van der Waals surface area contributed by atoms with E-state index in [1.165, 1.54) is 5.56 Å². The van der Waals surface area contributed by atoms with Gasteiger partial charge in [0.25, 0.3) is 0 Å². The van der Waals surface area contributed by atoms with Gasteiger partial charge in [-0.3, -0.25) is 9.63 Å². The van der Waals surface area contributed by atoms with Crippen molar-refractivity contribution in [1.82, 2.24) is 10.9 Å². The molecule has 122 valence electrons. The van der Waals surface area contributed by atoms with Crippen molar-refractivity contribution >= 4 is 16.5 Å². The highest BCUT2D eigenvalue weighted by atomic mass is 32.2. The van der Waals surface area contributed by atoms with Gasteiger partial charge in [-0.05, 0) is 23.3 Å². The average molecular weight is 329 g/mol. The van der Waals surface area contributed by atoms with E-state index in [2.05, 4.69) is 52.6 Å². The Bertz CT molecular complexity index is 662. The van der Waals surface area contributed by atoms with E-state index < -0.39 is 10.8 Å². The van der Waals surface area contributed by atoms with Crippen LogP contribution >= 0.6 is 0 Å². The molecule has 1 aliphatic rings. The molecular weight excluding hydrogens is 306 g/mol. The number of hydrogen-bond donors (Lipinski definition) is 3. The van der Waals surface area contributed by atoms with Crippen molar-refractivity contribution in [2.45, 2.75) is 11.8 Å². The first-order chi connectivity index (χ1) is 11.2. The topological polar surface area (TPSA) is 53.2 Å². The van der Waals surface area contributed by atoms with Crippen LogP contribution in [0, 0.1) is 5.92 Å². The van der Waals surface area contributed by atoms with Gasteiger partial charge in [-0.25, -0.2) is 5.43 Å². The van der Waals surface area contributed by atoms with Gasteiger partial charge in [0.1, 0.15) is 0 Å². The van der Waals surface area contributed by atoms with Crippen LogP contribution < -0.4 is 16.2 Å². The van der Waals surface area contributed by atoms with Crippen LogP contribution in [-0.4, -0.2) is 23.6 Å². The van der Waals surface area contributed by atoms with Gasteiger partial charge in [0, 0.05) is 47.5 Å². The quantitative estimate of drug-likeness (QED) is 0.762. The third-order valence-electron chi connectivity index (χ3n) is 4.12. The smallest absolute Gasteiger partial charge is 0.0520 e. The Morgan fingerprint density at radius 2 is 2.00 bits per heavy atom. The fourth-order valence-corrected chi connectivity index (χ4v) is 3.65. The van der Waals surface area contributed by atoms with Crippen LogP contribution in [0.3, 0.4) is 0 Å². The van der Waals surface area contributed by atoms with Crippen LogP contribution in [0.25, 0.3) is 0 Å². The molecule has 3 atom stereocenters. The van der Waals surface area contributed by atoms with Crippen LogP contribution in [0.5, 0.6) is 0 Å². The van der Waals surface area contributed by atoms with Crippen molar-refractivity contribution in [3.8, 4) is 0 Å². The van der Waals surface area contributed by atoms with Gasteiger partial charge in [-0.1, -0.05) is 42.5 Å². The standard InChI is InChI=1S/C18H23N3OS/c1-23(22)13-14-6-5-9-17(10-14)19-11-16-12-20-21-18(16)15-7-3-2-4-8-15/h2-10,16,18-21H,11-13H2,1H3. The second kappa shape index (κ2) is 7.73. The molecule has 23 heavy (non-hydrogen) atoms. The fourth-order valence-electron chi connectivity index (χ4n) is 3.00. The molecule has 2 aromatic carbocycles.